The molecule has 0 saturated heterocycles. The minimum atomic E-state index is -1.92. The Bertz CT molecular complexity index is 413. The van der Waals surface area contributed by atoms with Gasteiger partial charge >= 0.3 is 13.1 Å². The number of hydrogen-bond acceptors (Lipinski definition) is 5. The highest BCUT2D eigenvalue weighted by atomic mass is 16.4. The molecule has 3 N–H and O–H groups in total. The van der Waals surface area contributed by atoms with E-state index >= 15 is 0 Å². The lowest BCUT2D eigenvalue weighted by Crippen LogP contribution is -2.35. The summed E-state index contributed by atoms with van der Waals surface area (Å²) in [5.74, 6) is -1.41. The maximum atomic E-state index is 10.6. The van der Waals surface area contributed by atoms with E-state index in [2.05, 4.69) is 4.98 Å². The Morgan fingerprint density at radius 2 is 2.14 bits per heavy atom. The number of aromatic carboxylic acids is 1. The summed E-state index contributed by atoms with van der Waals surface area (Å²) in [5, 5.41) is 34.7. The van der Waals surface area contributed by atoms with E-state index in [-0.39, 0.29) is 11.2 Å². The summed E-state index contributed by atoms with van der Waals surface area (Å²) < 4.78 is 0. The van der Waals surface area contributed by atoms with Crippen LogP contribution in [0.15, 0.2) is 12.1 Å². The first-order valence-electron chi connectivity index (χ1n) is 3.56. The van der Waals surface area contributed by atoms with Crippen molar-refractivity contribution in [3.63, 3.8) is 0 Å². The zero-order chi connectivity index (χ0) is 10.7. The summed E-state index contributed by atoms with van der Waals surface area (Å²) in [4.78, 5) is 14.0. The minimum Gasteiger partial charge on any atom is -0.477 e. The highest BCUT2D eigenvalue weighted by Gasteiger charge is 2.21. The van der Waals surface area contributed by atoms with Gasteiger partial charge in [-0.3, -0.25) is 0 Å². The highest BCUT2D eigenvalue weighted by Crippen LogP contribution is 1.97. The number of carboxylic acids is 1. The Morgan fingerprint density at radius 3 is 2.57 bits per heavy atom. The Kier molecular flexibility index (Phi) is 2.81. The third-order valence-electron chi connectivity index (χ3n) is 1.52. The first-order chi connectivity index (χ1) is 6.56. The molecule has 0 atom stereocenters. The summed E-state index contributed by atoms with van der Waals surface area (Å²) in [5.41, 5.74) is -0.859. The molecule has 1 aromatic heterocycles. The molecule has 0 unspecified atom stereocenters. The fourth-order valence-corrected chi connectivity index (χ4v) is 0.912. The Balaban J connectivity index is 3.33. The van der Waals surface area contributed by atoms with E-state index in [1.807, 2.05) is 0 Å². The van der Waals surface area contributed by atoms with Crippen molar-refractivity contribution in [2.75, 3.05) is 0 Å². The molecule has 0 bridgehead atoms. The SMILES string of the molecule is N#Cc1ccc(B(O)O)c(C(=O)O)n1. The highest BCUT2D eigenvalue weighted by molar-refractivity contribution is 6.60. The van der Waals surface area contributed by atoms with Gasteiger partial charge in [0.15, 0.2) is 0 Å². The zero-order valence-corrected chi connectivity index (χ0v) is 6.88. The normalized spacial score (nSPS) is 9.21. The summed E-state index contributed by atoms with van der Waals surface area (Å²) in [6, 6.07) is 4.00. The third-order valence-corrected chi connectivity index (χ3v) is 1.52. The largest absolute Gasteiger partial charge is 0.490 e. The van der Waals surface area contributed by atoms with E-state index in [1.165, 1.54) is 6.07 Å². The molecular weight excluding hydrogens is 187 g/mol. The molecule has 70 valence electrons. The molecule has 6 nitrogen and oxygen atoms in total. The molecule has 1 aromatic rings. The van der Waals surface area contributed by atoms with Crippen molar-refractivity contribution >= 4 is 18.6 Å². The van der Waals surface area contributed by atoms with Gasteiger partial charge in [-0.05, 0) is 6.07 Å². The predicted octanol–water partition coefficient (Wildman–Crippen LogP) is -1.67. The van der Waals surface area contributed by atoms with Crippen LogP contribution in [-0.4, -0.2) is 33.2 Å². The molecule has 1 heterocycles. The van der Waals surface area contributed by atoms with Gasteiger partial charge in [0, 0.05) is 5.46 Å². The molecule has 1 rings (SSSR count). The molecule has 0 aliphatic heterocycles. The summed E-state index contributed by atoms with van der Waals surface area (Å²) in [7, 11) is -1.92. The maximum absolute atomic E-state index is 10.6. The predicted molar refractivity (Wildman–Crippen MR) is 45.7 cm³/mol. The van der Waals surface area contributed by atoms with Crippen LogP contribution in [0.3, 0.4) is 0 Å². The van der Waals surface area contributed by atoms with Crippen molar-refractivity contribution in [2.24, 2.45) is 0 Å². The fourth-order valence-electron chi connectivity index (χ4n) is 0.912. The van der Waals surface area contributed by atoms with Gasteiger partial charge in [-0.1, -0.05) is 6.07 Å². The summed E-state index contributed by atoms with van der Waals surface area (Å²) in [6.45, 7) is 0. The van der Waals surface area contributed by atoms with Crippen molar-refractivity contribution in [3.8, 4) is 6.07 Å². The average molecular weight is 192 g/mol. The van der Waals surface area contributed by atoms with Crippen LogP contribution in [0.5, 0.6) is 0 Å². The smallest absolute Gasteiger partial charge is 0.477 e. The molecule has 0 radical (unpaired) electrons. The second-order valence-electron chi connectivity index (χ2n) is 2.42. The van der Waals surface area contributed by atoms with Gasteiger partial charge in [0.25, 0.3) is 0 Å². The Hall–Kier alpha value is -1.91. The molecule has 0 spiro atoms. The average Bonchev–Trinajstić information content (AvgIpc) is 2.16. The maximum Gasteiger partial charge on any atom is 0.490 e. The van der Waals surface area contributed by atoms with Crippen LogP contribution in [-0.2, 0) is 0 Å². The Labute approximate surface area is 79.2 Å². The lowest BCUT2D eigenvalue weighted by Gasteiger charge is -2.03. The van der Waals surface area contributed by atoms with Crippen molar-refractivity contribution in [3.05, 3.63) is 23.5 Å². The van der Waals surface area contributed by atoms with Crippen molar-refractivity contribution < 1.29 is 19.9 Å². The van der Waals surface area contributed by atoms with Crippen LogP contribution in [0, 0.1) is 11.3 Å². The second-order valence-corrected chi connectivity index (χ2v) is 2.42. The van der Waals surface area contributed by atoms with Crippen LogP contribution in [0.1, 0.15) is 16.2 Å². The van der Waals surface area contributed by atoms with Gasteiger partial charge < -0.3 is 15.2 Å². The number of hydrogen-bond donors (Lipinski definition) is 3. The van der Waals surface area contributed by atoms with Crippen LogP contribution in [0.2, 0.25) is 0 Å². The summed E-state index contributed by atoms with van der Waals surface area (Å²) in [6.07, 6.45) is 0. The standard InChI is InChI=1S/C7H5BN2O4/c9-3-4-1-2-5(8(13)14)6(10-4)7(11)12/h1-2,13-14H,(H,11,12). The van der Waals surface area contributed by atoms with Gasteiger partial charge in [0.1, 0.15) is 17.5 Å². The molecule has 14 heavy (non-hydrogen) atoms. The van der Waals surface area contributed by atoms with Crippen LogP contribution >= 0.6 is 0 Å². The monoisotopic (exact) mass is 192 g/mol. The van der Waals surface area contributed by atoms with E-state index in [9.17, 15) is 4.79 Å². The Morgan fingerprint density at radius 1 is 1.50 bits per heavy atom. The number of carboxylic acid groups (broad SMARTS) is 1. The summed E-state index contributed by atoms with van der Waals surface area (Å²) >= 11 is 0. The molecular formula is C7H5BN2O4. The minimum absolute atomic E-state index is 0.0909. The van der Waals surface area contributed by atoms with E-state index in [0.29, 0.717) is 0 Å². The molecule has 0 aliphatic carbocycles. The lowest BCUT2D eigenvalue weighted by atomic mass is 9.79. The number of rotatable bonds is 2. The number of aromatic nitrogens is 1. The van der Waals surface area contributed by atoms with Crippen molar-refractivity contribution in [1.82, 2.24) is 4.98 Å². The number of nitrogens with zero attached hydrogens (tertiary/aromatic N) is 2. The van der Waals surface area contributed by atoms with E-state index < -0.39 is 18.8 Å². The van der Waals surface area contributed by atoms with Gasteiger partial charge in [0.05, 0.1) is 0 Å². The van der Waals surface area contributed by atoms with Gasteiger partial charge in [-0.2, -0.15) is 5.26 Å². The lowest BCUT2D eigenvalue weighted by molar-refractivity contribution is 0.0691. The van der Waals surface area contributed by atoms with Crippen LogP contribution in [0.25, 0.3) is 0 Å². The first-order valence-corrected chi connectivity index (χ1v) is 3.56. The zero-order valence-electron chi connectivity index (χ0n) is 6.88. The van der Waals surface area contributed by atoms with Crippen molar-refractivity contribution in [2.45, 2.75) is 0 Å². The molecule has 0 aromatic carbocycles. The number of carbonyl (C=O) groups is 1. The van der Waals surface area contributed by atoms with Crippen LogP contribution in [0.4, 0.5) is 0 Å². The number of pyridine rings is 1. The molecule has 0 fully saturated rings. The molecule has 7 heteroatoms. The first kappa shape index (κ1) is 10.2. The van der Waals surface area contributed by atoms with Gasteiger partial charge in [0.2, 0.25) is 0 Å². The molecule has 0 saturated carbocycles. The van der Waals surface area contributed by atoms with E-state index in [1.54, 1.807) is 6.07 Å². The van der Waals surface area contributed by atoms with Gasteiger partial charge in [-0.25, -0.2) is 9.78 Å². The quantitative estimate of drug-likeness (QED) is 0.482. The van der Waals surface area contributed by atoms with E-state index in [4.69, 9.17) is 20.4 Å². The molecule has 0 aliphatic rings. The third kappa shape index (κ3) is 1.88. The van der Waals surface area contributed by atoms with Gasteiger partial charge in [-0.15, -0.1) is 0 Å². The molecule has 0 amide bonds. The van der Waals surface area contributed by atoms with E-state index in [0.717, 1.165) is 6.07 Å². The number of nitriles is 1. The van der Waals surface area contributed by atoms with Crippen molar-refractivity contribution in [1.29, 1.82) is 5.26 Å². The second kappa shape index (κ2) is 3.87. The fraction of sp³-hybridized carbons (Fsp3) is 0. The topological polar surface area (TPSA) is 114 Å². The van der Waals surface area contributed by atoms with Crippen LogP contribution < -0.4 is 5.46 Å².